The first-order valence-electron chi connectivity index (χ1n) is 3.52. The number of alkyl halides is 2. The van der Waals surface area contributed by atoms with Crippen molar-refractivity contribution in [3.8, 4) is 5.75 Å². The molecule has 0 aliphatic heterocycles. The summed E-state index contributed by atoms with van der Waals surface area (Å²) in [6.07, 6.45) is 1.50. The van der Waals surface area contributed by atoms with Gasteiger partial charge in [-0.3, -0.25) is 0 Å². The van der Waals surface area contributed by atoms with E-state index in [1.54, 1.807) is 0 Å². The Kier molecular flexibility index (Phi) is 3.62. The Bertz CT molecular complexity index is 329. The molecule has 0 amide bonds. The first kappa shape index (κ1) is 11.2. The van der Waals surface area contributed by atoms with Crippen molar-refractivity contribution in [2.75, 3.05) is 6.26 Å². The predicted octanol–water partition coefficient (Wildman–Crippen LogP) is 3.29. The van der Waals surface area contributed by atoms with Gasteiger partial charge >= 0.3 is 6.61 Å². The SMILES string of the molecule is CSc1cc(OC(F)F)cc(F)c1F. The van der Waals surface area contributed by atoms with E-state index < -0.39 is 18.2 Å². The average Bonchev–Trinajstić information content (AvgIpc) is 2.10. The van der Waals surface area contributed by atoms with E-state index in [1.165, 1.54) is 6.26 Å². The summed E-state index contributed by atoms with van der Waals surface area (Å²) in [7, 11) is 0. The van der Waals surface area contributed by atoms with Crippen LogP contribution in [0.25, 0.3) is 0 Å². The summed E-state index contributed by atoms with van der Waals surface area (Å²) in [4.78, 5) is -0.0688. The van der Waals surface area contributed by atoms with Crippen molar-refractivity contribution in [1.29, 1.82) is 0 Å². The van der Waals surface area contributed by atoms with Gasteiger partial charge in [0.05, 0.1) is 0 Å². The molecular formula is C8H6F4OS. The second-order valence-electron chi connectivity index (χ2n) is 2.30. The molecule has 0 fully saturated rings. The van der Waals surface area contributed by atoms with Gasteiger partial charge in [0.2, 0.25) is 0 Å². The Labute approximate surface area is 82.1 Å². The molecule has 1 rings (SSSR count). The molecular weight excluding hydrogens is 220 g/mol. The number of rotatable bonds is 3. The summed E-state index contributed by atoms with van der Waals surface area (Å²) in [6, 6.07) is 1.61. The summed E-state index contributed by atoms with van der Waals surface area (Å²) < 4.78 is 53.1. The van der Waals surface area contributed by atoms with Gasteiger partial charge in [-0.25, -0.2) is 8.78 Å². The largest absolute Gasteiger partial charge is 0.435 e. The highest BCUT2D eigenvalue weighted by atomic mass is 32.2. The quantitative estimate of drug-likeness (QED) is 0.577. The van der Waals surface area contributed by atoms with Gasteiger partial charge in [-0.05, 0) is 12.3 Å². The zero-order chi connectivity index (χ0) is 10.7. The Morgan fingerprint density at radius 3 is 2.43 bits per heavy atom. The van der Waals surface area contributed by atoms with Crippen LogP contribution in [-0.4, -0.2) is 12.9 Å². The fraction of sp³-hybridized carbons (Fsp3) is 0.250. The van der Waals surface area contributed by atoms with Gasteiger partial charge in [-0.15, -0.1) is 11.8 Å². The second-order valence-corrected chi connectivity index (χ2v) is 3.15. The third-order valence-electron chi connectivity index (χ3n) is 1.41. The van der Waals surface area contributed by atoms with Gasteiger partial charge in [0.25, 0.3) is 0 Å². The van der Waals surface area contributed by atoms with Crippen molar-refractivity contribution in [1.82, 2.24) is 0 Å². The monoisotopic (exact) mass is 226 g/mol. The van der Waals surface area contributed by atoms with E-state index in [-0.39, 0.29) is 10.6 Å². The van der Waals surface area contributed by atoms with Crippen molar-refractivity contribution in [2.45, 2.75) is 11.5 Å². The third kappa shape index (κ3) is 2.54. The maximum atomic E-state index is 12.9. The molecule has 1 aromatic rings. The van der Waals surface area contributed by atoms with Crippen LogP contribution in [0.1, 0.15) is 0 Å². The summed E-state index contributed by atoms with van der Waals surface area (Å²) in [5.41, 5.74) is 0. The number of thioether (sulfide) groups is 1. The van der Waals surface area contributed by atoms with E-state index >= 15 is 0 Å². The second kappa shape index (κ2) is 4.54. The highest BCUT2D eigenvalue weighted by Crippen LogP contribution is 2.27. The molecule has 0 aliphatic carbocycles. The lowest BCUT2D eigenvalue weighted by Crippen LogP contribution is -2.03. The lowest BCUT2D eigenvalue weighted by Gasteiger charge is -2.07. The van der Waals surface area contributed by atoms with Crippen LogP contribution in [0.3, 0.4) is 0 Å². The molecule has 0 atom stereocenters. The van der Waals surface area contributed by atoms with Gasteiger partial charge in [0.1, 0.15) is 5.75 Å². The molecule has 6 heteroatoms. The number of hydrogen-bond acceptors (Lipinski definition) is 2. The fourth-order valence-corrected chi connectivity index (χ4v) is 1.37. The topological polar surface area (TPSA) is 9.23 Å². The van der Waals surface area contributed by atoms with E-state index in [0.29, 0.717) is 6.07 Å². The van der Waals surface area contributed by atoms with E-state index in [9.17, 15) is 17.6 Å². The maximum Gasteiger partial charge on any atom is 0.387 e. The maximum absolute atomic E-state index is 12.9. The van der Waals surface area contributed by atoms with Crippen molar-refractivity contribution >= 4 is 11.8 Å². The van der Waals surface area contributed by atoms with Crippen molar-refractivity contribution < 1.29 is 22.3 Å². The standard InChI is InChI=1S/C8H6F4OS/c1-14-6-3-4(13-8(11)12)2-5(9)7(6)10/h2-3,8H,1H3. The zero-order valence-electron chi connectivity index (χ0n) is 7.06. The number of benzene rings is 1. The van der Waals surface area contributed by atoms with Crippen LogP contribution < -0.4 is 4.74 Å². The minimum absolute atomic E-state index is 0.0688. The van der Waals surface area contributed by atoms with Crippen LogP contribution in [0.15, 0.2) is 17.0 Å². The van der Waals surface area contributed by atoms with Gasteiger partial charge in [0, 0.05) is 11.0 Å². The molecule has 0 bridgehead atoms. The van der Waals surface area contributed by atoms with E-state index in [2.05, 4.69) is 4.74 Å². The van der Waals surface area contributed by atoms with Crippen LogP contribution >= 0.6 is 11.8 Å². The average molecular weight is 226 g/mol. The lowest BCUT2D eigenvalue weighted by atomic mass is 10.3. The highest BCUT2D eigenvalue weighted by Gasteiger charge is 2.13. The molecule has 0 radical (unpaired) electrons. The molecule has 78 valence electrons. The van der Waals surface area contributed by atoms with E-state index in [1.807, 2.05) is 0 Å². The zero-order valence-corrected chi connectivity index (χ0v) is 7.88. The van der Waals surface area contributed by atoms with Gasteiger partial charge in [-0.2, -0.15) is 8.78 Å². The fourth-order valence-electron chi connectivity index (χ4n) is 0.860. The van der Waals surface area contributed by atoms with Crippen molar-refractivity contribution in [2.24, 2.45) is 0 Å². The third-order valence-corrected chi connectivity index (χ3v) is 2.15. The van der Waals surface area contributed by atoms with Crippen LogP contribution in [0.2, 0.25) is 0 Å². The number of halogens is 4. The molecule has 0 saturated carbocycles. The summed E-state index contributed by atoms with van der Waals surface area (Å²) in [5, 5.41) is 0. The molecule has 1 nitrogen and oxygen atoms in total. The van der Waals surface area contributed by atoms with Crippen LogP contribution in [0.4, 0.5) is 17.6 Å². The normalized spacial score (nSPS) is 10.7. The summed E-state index contributed by atoms with van der Waals surface area (Å²) >= 11 is 0.911. The smallest absolute Gasteiger partial charge is 0.387 e. The number of ether oxygens (including phenoxy) is 1. The van der Waals surface area contributed by atoms with E-state index in [4.69, 9.17) is 0 Å². The number of hydrogen-bond donors (Lipinski definition) is 0. The Morgan fingerprint density at radius 1 is 1.29 bits per heavy atom. The van der Waals surface area contributed by atoms with Gasteiger partial charge in [-0.1, -0.05) is 0 Å². The summed E-state index contributed by atoms with van der Waals surface area (Å²) in [6.45, 7) is -3.05. The first-order valence-corrected chi connectivity index (χ1v) is 4.75. The highest BCUT2D eigenvalue weighted by molar-refractivity contribution is 7.98. The van der Waals surface area contributed by atoms with Crippen LogP contribution in [-0.2, 0) is 0 Å². The Hall–Kier alpha value is -0.910. The first-order chi connectivity index (χ1) is 6.54. The summed E-state index contributed by atoms with van der Waals surface area (Å²) in [5.74, 6) is -2.64. The minimum atomic E-state index is -3.05. The van der Waals surface area contributed by atoms with Crippen molar-refractivity contribution in [3.63, 3.8) is 0 Å². The van der Waals surface area contributed by atoms with Crippen LogP contribution in [0, 0.1) is 11.6 Å². The molecule has 0 aliphatic rings. The molecule has 0 unspecified atom stereocenters. The minimum Gasteiger partial charge on any atom is -0.435 e. The molecule has 0 heterocycles. The van der Waals surface area contributed by atoms with E-state index in [0.717, 1.165) is 17.8 Å². The van der Waals surface area contributed by atoms with Gasteiger partial charge in [0.15, 0.2) is 11.6 Å². The molecule has 1 aromatic carbocycles. The Morgan fingerprint density at radius 2 is 1.93 bits per heavy atom. The van der Waals surface area contributed by atoms with Crippen LogP contribution in [0.5, 0.6) is 5.75 Å². The molecule has 0 spiro atoms. The molecule has 0 N–H and O–H groups in total. The predicted molar refractivity (Wildman–Crippen MR) is 44.8 cm³/mol. The molecule has 14 heavy (non-hydrogen) atoms. The van der Waals surface area contributed by atoms with Crippen molar-refractivity contribution in [3.05, 3.63) is 23.8 Å². The Balaban J connectivity index is 3.03. The lowest BCUT2D eigenvalue weighted by molar-refractivity contribution is -0.0502. The van der Waals surface area contributed by atoms with Gasteiger partial charge < -0.3 is 4.74 Å². The molecule has 0 saturated heterocycles. The molecule has 0 aromatic heterocycles.